The van der Waals surface area contributed by atoms with Gasteiger partial charge in [0.1, 0.15) is 0 Å². The zero-order valence-electron chi connectivity index (χ0n) is 5.20. The number of nitrogens with two attached hydrogens (primary N) is 1. The molecule has 0 saturated carbocycles. The van der Waals surface area contributed by atoms with Crippen LogP contribution in [-0.4, -0.2) is 18.3 Å². The molecule has 0 bridgehead atoms. The Hall–Kier alpha value is -0.880. The lowest BCUT2D eigenvalue weighted by Crippen LogP contribution is -2.36. The van der Waals surface area contributed by atoms with Gasteiger partial charge in [0.25, 0.3) is 0 Å². The standard InChI is InChI=1S/C4H5F5N2/c5-3(6,1-2-11-10)4(7,8)9/h2H,1,10H2/b11-2+. The summed E-state index contributed by atoms with van der Waals surface area (Å²) in [5.41, 5.74) is 0. The highest BCUT2D eigenvalue weighted by Crippen LogP contribution is 2.37. The second-order valence-corrected chi connectivity index (χ2v) is 1.74. The van der Waals surface area contributed by atoms with E-state index in [1.165, 1.54) is 0 Å². The molecule has 0 amide bonds. The first-order valence-corrected chi connectivity index (χ1v) is 2.47. The van der Waals surface area contributed by atoms with E-state index in [-0.39, 0.29) is 0 Å². The third-order valence-electron chi connectivity index (χ3n) is 0.868. The van der Waals surface area contributed by atoms with Gasteiger partial charge in [-0.05, 0) is 0 Å². The summed E-state index contributed by atoms with van der Waals surface area (Å²) in [4.78, 5) is 0. The second-order valence-electron chi connectivity index (χ2n) is 1.74. The first kappa shape index (κ1) is 10.1. The molecule has 0 aliphatic rings. The van der Waals surface area contributed by atoms with Gasteiger partial charge in [-0.1, -0.05) is 0 Å². The molecule has 0 unspecified atom stereocenters. The fraction of sp³-hybridized carbons (Fsp3) is 0.750. The molecular weight excluding hydrogens is 171 g/mol. The molecule has 0 aromatic carbocycles. The molecule has 11 heavy (non-hydrogen) atoms. The number of hydrogen-bond acceptors (Lipinski definition) is 2. The summed E-state index contributed by atoms with van der Waals surface area (Å²) in [6.45, 7) is 0. The number of rotatable bonds is 2. The van der Waals surface area contributed by atoms with Crippen LogP contribution in [0.1, 0.15) is 6.42 Å². The van der Waals surface area contributed by atoms with Crippen LogP contribution in [0.15, 0.2) is 5.10 Å². The molecule has 0 rings (SSSR count). The molecule has 0 aliphatic carbocycles. The summed E-state index contributed by atoms with van der Waals surface area (Å²) in [5, 5.41) is 2.53. The fourth-order valence-corrected chi connectivity index (χ4v) is 0.283. The largest absolute Gasteiger partial charge is 0.453 e. The topological polar surface area (TPSA) is 38.4 Å². The molecule has 0 heterocycles. The first-order valence-electron chi connectivity index (χ1n) is 2.47. The Labute approximate surface area is 58.9 Å². The Morgan fingerprint density at radius 3 is 1.91 bits per heavy atom. The highest BCUT2D eigenvalue weighted by Gasteiger charge is 2.56. The lowest BCUT2D eigenvalue weighted by molar-refractivity contribution is -0.278. The average Bonchev–Trinajstić information content (AvgIpc) is 1.81. The minimum absolute atomic E-state index is 0.313. The maximum absolute atomic E-state index is 11.8. The normalized spacial score (nSPS) is 14.3. The Bertz CT molecular complexity index is 149. The highest BCUT2D eigenvalue weighted by atomic mass is 19.4. The van der Waals surface area contributed by atoms with E-state index in [1.807, 2.05) is 0 Å². The molecule has 0 aromatic rings. The van der Waals surface area contributed by atoms with Gasteiger partial charge >= 0.3 is 12.1 Å². The SMILES string of the molecule is N/N=C/CC(F)(F)C(F)(F)F. The number of nitrogens with zero attached hydrogens (tertiary/aromatic N) is 1. The van der Waals surface area contributed by atoms with E-state index in [0.717, 1.165) is 0 Å². The number of alkyl halides is 5. The number of hydrogen-bond donors (Lipinski definition) is 1. The third kappa shape index (κ3) is 2.69. The van der Waals surface area contributed by atoms with Gasteiger partial charge in [-0.15, -0.1) is 0 Å². The van der Waals surface area contributed by atoms with Crippen molar-refractivity contribution in [1.29, 1.82) is 0 Å². The molecule has 0 atom stereocenters. The van der Waals surface area contributed by atoms with Crippen LogP contribution in [0.4, 0.5) is 22.0 Å². The summed E-state index contributed by atoms with van der Waals surface area (Å²) < 4.78 is 57.6. The van der Waals surface area contributed by atoms with E-state index in [2.05, 4.69) is 10.9 Å². The summed E-state index contributed by atoms with van der Waals surface area (Å²) >= 11 is 0. The minimum Gasteiger partial charge on any atom is -0.324 e. The van der Waals surface area contributed by atoms with Crippen molar-refractivity contribution < 1.29 is 22.0 Å². The van der Waals surface area contributed by atoms with Crippen LogP contribution >= 0.6 is 0 Å². The van der Waals surface area contributed by atoms with Crippen LogP contribution in [0, 0.1) is 0 Å². The van der Waals surface area contributed by atoms with Gasteiger partial charge in [-0.25, -0.2) is 0 Å². The maximum Gasteiger partial charge on any atom is 0.453 e. The van der Waals surface area contributed by atoms with E-state index in [9.17, 15) is 22.0 Å². The van der Waals surface area contributed by atoms with Crippen LogP contribution in [0.3, 0.4) is 0 Å². The van der Waals surface area contributed by atoms with E-state index < -0.39 is 18.5 Å². The van der Waals surface area contributed by atoms with Crippen molar-refractivity contribution in [1.82, 2.24) is 0 Å². The quantitative estimate of drug-likeness (QED) is 0.294. The van der Waals surface area contributed by atoms with E-state index >= 15 is 0 Å². The van der Waals surface area contributed by atoms with Crippen LogP contribution < -0.4 is 5.84 Å². The summed E-state index contributed by atoms with van der Waals surface area (Å²) in [6, 6.07) is 0. The Morgan fingerprint density at radius 2 is 1.64 bits per heavy atom. The first-order chi connectivity index (χ1) is 4.81. The van der Waals surface area contributed by atoms with Crippen molar-refractivity contribution in [2.75, 3.05) is 0 Å². The molecule has 66 valence electrons. The van der Waals surface area contributed by atoms with Gasteiger partial charge in [-0.2, -0.15) is 27.1 Å². The number of halogens is 5. The van der Waals surface area contributed by atoms with Gasteiger partial charge in [0.2, 0.25) is 0 Å². The molecule has 0 aliphatic heterocycles. The van der Waals surface area contributed by atoms with Crippen molar-refractivity contribution in [3.63, 3.8) is 0 Å². The predicted octanol–water partition coefficient (Wildman–Crippen LogP) is 1.52. The predicted molar refractivity (Wildman–Crippen MR) is 28.3 cm³/mol. The van der Waals surface area contributed by atoms with Gasteiger partial charge in [0.05, 0.1) is 6.42 Å². The van der Waals surface area contributed by atoms with E-state index in [4.69, 9.17) is 0 Å². The second kappa shape index (κ2) is 3.02. The molecule has 0 radical (unpaired) electrons. The molecule has 7 heteroatoms. The molecule has 2 nitrogen and oxygen atoms in total. The average molecular weight is 176 g/mol. The van der Waals surface area contributed by atoms with Crippen molar-refractivity contribution >= 4 is 6.21 Å². The van der Waals surface area contributed by atoms with Crippen LogP contribution in [0.25, 0.3) is 0 Å². The molecule has 0 aromatic heterocycles. The summed E-state index contributed by atoms with van der Waals surface area (Å²) in [5.74, 6) is -0.392. The van der Waals surface area contributed by atoms with Crippen molar-refractivity contribution in [3.8, 4) is 0 Å². The Kier molecular flexibility index (Phi) is 2.77. The van der Waals surface area contributed by atoms with Crippen LogP contribution in [0.2, 0.25) is 0 Å². The monoisotopic (exact) mass is 176 g/mol. The summed E-state index contributed by atoms with van der Waals surface area (Å²) in [6.07, 6.45) is -6.74. The fourth-order valence-electron chi connectivity index (χ4n) is 0.283. The summed E-state index contributed by atoms with van der Waals surface area (Å²) in [7, 11) is 0. The lowest BCUT2D eigenvalue weighted by atomic mass is 10.2. The van der Waals surface area contributed by atoms with Gasteiger partial charge in [0, 0.05) is 6.21 Å². The van der Waals surface area contributed by atoms with E-state index in [0.29, 0.717) is 6.21 Å². The van der Waals surface area contributed by atoms with Crippen molar-refractivity contribution in [2.24, 2.45) is 10.9 Å². The molecule has 0 fully saturated rings. The third-order valence-corrected chi connectivity index (χ3v) is 0.868. The molecule has 0 spiro atoms. The van der Waals surface area contributed by atoms with Crippen molar-refractivity contribution in [2.45, 2.75) is 18.5 Å². The van der Waals surface area contributed by atoms with Gasteiger partial charge < -0.3 is 5.84 Å². The zero-order chi connectivity index (χ0) is 9.12. The van der Waals surface area contributed by atoms with E-state index in [1.54, 1.807) is 0 Å². The highest BCUT2D eigenvalue weighted by molar-refractivity contribution is 5.58. The molecular formula is C4H5F5N2. The molecule has 0 saturated heterocycles. The Balaban J connectivity index is 4.22. The zero-order valence-corrected chi connectivity index (χ0v) is 5.20. The maximum atomic E-state index is 11.8. The van der Waals surface area contributed by atoms with Crippen molar-refractivity contribution in [3.05, 3.63) is 0 Å². The van der Waals surface area contributed by atoms with Gasteiger partial charge in [-0.3, -0.25) is 0 Å². The Morgan fingerprint density at radius 1 is 1.18 bits per heavy atom. The van der Waals surface area contributed by atoms with Crippen LogP contribution in [-0.2, 0) is 0 Å². The molecule has 2 N–H and O–H groups in total. The lowest BCUT2D eigenvalue weighted by Gasteiger charge is -2.16. The smallest absolute Gasteiger partial charge is 0.324 e. The number of hydrazone groups is 1. The van der Waals surface area contributed by atoms with Crippen LogP contribution in [0.5, 0.6) is 0 Å². The van der Waals surface area contributed by atoms with Gasteiger partial charge in [0.15, 0.2) is 0 Å². The minimum atomic E-state index is -5.53.